The van der Waals surface area contributed by atoms with Gasteiger partial charge in [-0.25, -0.2) is 19.3 Å². The molecule has 0 aliphatic carbocycles. The van der Waals surface area contributed by atoms with Crippen LogP contribution in [0.5, 0.6) is 5.75 Å². The number of rotatable bonds is 19. The first kappa shape index (κ1) is 35.0. The van der Waals surface area contributed by atoms with Gasteiger partial charge < -0.3 is 25.4 Å². The van der Waals surface area contributed by atoms with Gasteiger partial charge in [0, 0.05) is 18.4 Å². The van der Waals surface area contributed by atoms with E-state index in [1.54, 1.807) is 27.9 Å². The van der Waals surface area contributed by atoms with Gasteiger partial charge in [0.25, 0.3) is 0 Å². The summed E-state index contributed by atoms with van der Waals surface area (Å²) in [7, 11) is 1.57. The molecule has 0 saturated heterocycles. The zero-order chi connectivity index (χ0) is 31.2. The summed E-state index contributed by atoms with van der Waals surface area (Å²) >= 11 is 0. The number of hydrogen-bond donors (Lipinski definition) is 4. The summed E-state index contributed by atoms with van der Waals surface area (Å²) in [6.07, 6.45) is -0.250. The van der Waals surface area contributed by atoms with Crippen LogP contribution >= 0.6 is 0 Å². The Morgan fingerprint density at radius 2 is 1.54 bits per heavy atom. The molecule has 13 nitrogen and oxygen atoms in total. The van der Waals surface area contributed by atoms with E-state index in [-0.39, 0.29) is 30.6 Å². The van der Waals surface area contributed by atoms with E-state index in [9.17, 15) is 39.0 Å². The quantitative estimate of drug-likeness (QED) is 0.139. The zero-order valence-electron chi connectivity index (χ0n) is 24.0. The Hall–Kier alpha value is -4.00. The van der Waals surface area contributed by atoms with Gasteiger partial charge in [-0.05, 0) is 62.8 Å². The number of amides is 4. The van der Waals surface area contributed by atoms with Gasteiger partial charge in [0.05, 0.1) is 7.11 Å². The first-order chi connectivity index (χ1) is 19.4. The maximum Gasteiger partial charge on any atom is 0.334 e. The van der Waals surface area contributed by atoms with E-state index in [1.165, 1.54) is 0 Å². The van der Waals surface area contributed by atoms with Crippen molar-refractivity contribution in [3.63, 3.8) is 0 Å². The Morgan fingerprint density at radius 1 is 0.951 bits per heavy atom. The van der Waals surface area contributed by atoms with Crippen molar-refractivity contribution in [2.75, 3.05) is 13.7 Å². The van der Waals surface area contributed by atoms with Crippen molar-refractivity contribution in [3.05, 3.63) is 29.8 Å². The minimum Gasteiger partial charge on any atom is -0.497 e. The van der Waals surface area contributed by atoms with Gasteiger partial charge in [0.2, 0.25) is 12.3 Å². The largest absolute Gasteiger partial charge is 0.497 e. The lowest BCUT2D eigenvalue weighted by Gasteiger charge is -2.37. The molecule has 0 spiro atoms. The molecule has 0 radical (unpaired) electrons. The van der Waals surface area contributed by atoms with Crippen molar-refractivity contribution >= 4 is 36.3 Å². The number of carboxylic acid groups (broad SMARTS) is 3. The summed E-state index contributed by atoms with van der Waals surface area (Å²) < 4.78 is 5.13. The second-order valence-electron chi connectivity index (χ2n) is 9.90. The number of carbonyl (C=O) groups is 6. The highest BCUT2D eigenvalue weighted by molar-refractivity contribution is 6.04. The average molecular weight is 580 g/mol. The second kappa shape index (κ2) is 17.0. The molecule has 1 aromatic carbocycles. The molecule has 0 fully saturated rings. The molecular weight excluding hydrogens is 538 g/mol. The first-order valence-electron chi connectivity index (χ1n) is 13.5. The third-order valence-electron chi connectivity index (χ3n) is 7.25. The smallest absolute Gasteiger partial charge is 0.334 e. The Labute approximate surface area is 239 Å². The van der Waals surface area contributed by atoms with E-state index >= 15 is 0 Å². The molecule has 0 unspecified atom stereocenters. The first-order valence-corrected chi connectivity index (χ1v) is 13.5. The molecule has 4 amide bonds. The summed E-state index contributed by atoms with van der Waals surface area (Å²) in [6.45, 7) is 6.01. The normalized spacial score (nSPS) is 12.6. The molecule has 4 N–H and O–H groups in total. The van der Waals surface area contributed by atoms with Crippen molar-refractivity contribution in [1.29, 1.82) is 0 Å². The van der Waals surface area contributed by atoms with Crippen LogP contribution in [0.15, 0.2) is 24.3 Å². The number of unbranched alkanes of at least 4 members (excludes halogenated alkanes) is 1. The number of methoxy groups -OCH3 is 1. The van der Waals surface area contributed by atoms with Gasteiger partial charge in [0.15, 0.2) is 0 Å². The van der Waals surface area contributed by atoms with Crippen LogP contribution in [-0.4, -0.2) is 87.1 Å². The standard InChI is InChI=1S/C28H41N3O10/c1-5-28(3,6-2)26(39)31(27(40)30(18-32)21(24(35)36)14-15-23(33)34)22(25(37)38)9-7-8-16-29-17-19-10-12-20(41-4)13-11-19/h10-13,18,21-22,29H,5-9,14-17H2,1-4H3,(H,33,34)(H,35,36)(H,37,38)/t21-,22-/m0/s1. The Balaban J connectivity index is 3.14. The molecule has 2 atom stereocenters. The number of imide groups is 2. The Kier molecular flexibility index (Phi) is 14.5. The van der Waals surface area contributed by atoms with Crippen LogP contribution in [0.4, 0.5) is 4.79 Å². The SMILES string of the molecule is CCC(C)(CC)C(=O)N(C(=O)N(C=O)[C@@H](CCC(=O)O)C(=O)O)[C@@H](CCCCNCc1ccc(OC)cc1)C(=O)O. The maximum atomic E-state index is 13.7. The fraction of sp³-hybridized carbons (Fsp3) is 0.571. The van der Waals surface area contributed by atoms with E-state index in [0.29, 0.717) is 30.8 Å². The minimum absolute atomic E-state index is 0.111. The van der Waals surface area contributed by atoms with E-state index < -0.39 is 60.2 Å². The molecule has 13 heteroatoms. The number of nitrogens with zero attached hydrogens (tertiary/aromatic N) is 2. The van der Waals surface area contributed by atoms with Crippen LogP contribution < -0.4 is 10.1 Å². The van der Waals surface area contributed by atoms with Crippen molar-refractivity contribution in [3.8, 4) is 5.75 Å². The molecule has 0 heterocycles. The van der Waals surface area contributed by atoms with Crippen LogP contribution in [0, 0.1) is 5.41 Å². The highest BCUT2D eigenvalue weighted by Gasteiger charge is 2.45. The lowest BCUT2D eigenvalue weighted by Crippen LogP contribution is -2.59. The highest BCUT2D eigenvalue weighted by Crippen LogP contribution is 2.31. The molecule has 41 heavy (non-hydrogen) atoms. The number of urea groups is 1. The van der Waals surface area contributed by atoms with Crippen LogP contribution in [0.25, 0.3) is 0 Å². The van der Waals surface area contributed by atoms with Crippen molar-refractivity contribution in [1.82, 2.24) is 15.1 Å². The molecular formula is C28H41N3O10. The van der Waals surface area contributed by atoms with Gasteiger partial charge >= 0.3 is 23.9 Å². The Morgan fingerprint density at radius 3 is 2.00 bits per heavy atom. The summed E-state index contributed by atoms with van der Waals surface area (Å²) in [5.74, 6) is -4.63. The summed E-state index contributed by atoms with van der Waals surface area (Å²) in [5.41, 5.74) is -0.155. The van der Waals surface area contributed by atoms with Gasteiger partial charge in [-0.15, -0.1) is 0 Å². The van der Waals surface area contributed by atoms with Crippen LogP contribution in [0.2, 0.25) is 0 Å². The number of ether oxygens (including phenoxy) is 1. The third kappa shape index (κ3) is 10.2. The molecule has 0 aromatic heterocycles. The monoisotopic (exact) mass is 579 g/mol. The molecule has 228 valence electrons. The van der Waals surface area contributed by atoms with Gasteiger partial charge in [0.1, 0.15) is 17.8 Å². The fourth-order valence-corrected chi connectivity index (χ4v) is 4.15. The summed E-state index contributed by atoms with van der Waals surface area (Å²) in [5, 5.41) is 31.9. The lowest BCUT2D eigenvalue weighted by atomic mass is 9.82. The molecule has 0 aliphatic rings. The van der Waals surface area contributed by atoms with Crippen LogP contribution in [0.1, 0.15) is 71.3 Å². The molecule has 0 aliphatic heterocycles. The molecule has 0 bridgehead atoms. The number of carboxylic acids is 3. The number of carbonyl (C=O) groups excluding carboxylic acids is 3. The molecule has 1 rings (SSSR count). The average Bonchev–Trinajstić information content (AvgIpc) is 2.95. The van der Waals surface area contributed by atoms with Crippen LogP contribution in [-0.2, 0) is 30.5 Å². The van der Waals surface area contributed by atoms with E-state index in [0.717, 1.165) is 11.3 Å². The van der Waals surface area contributed by atoms with Gasteiger partial charge in [-0.2, -0.15) is 0 Å². The van der Waals surface area contributed by atoms with Gasteiger partial charge in [-0.3, -0.25) is 19.3 Å². The maximum absolute atomic E-state index is 13.7. The Bertz CT molecular complexity index is 1060. The van der Waals surface area contributed by atoms with Crippen molar-refractivity contribution in [2.45, 2.75) is 84.3 Å². The summed E-state index contributed by atoms with van der Waals surface area (Å²) in [4.78, 5) is 75.1. The third-order valence-corrected chi connectivity index (χ3v) is 7.25. The fourth-order valence-electron chi connectivity index (χ4n) is 4.15. The van der Waals surface area contributed by atoms with E-state index in [2.05, 4.69) is 5.32 Å². The number of benzene rings is 1. The van der Waals surface area contributed by atoms with Crippen molar-refractivity contribution < 1.29 is 48.8 Å². The van der Waals surface area contributed by atoms with Gasteiger partial charge in [-0.1, -0.05) is 32.9 Å². The predicted molar refractivity (Wildman–Crippen MR) is 147 cm³/mol. The number of aliphatic carboxylic acids is 3. The van der Waals surface area contributed by atoms with Crippen LogP contribution in [0.3, 0.4) is 0 Å². The predicted octanol–water partition coefficient (Wildman–Crippen LogP) is 2.96. The summed E-state index contributed by atoms with van der Waals surface area (Å²) in [6, 6.07) is 2.47. The molecule has 1 aromatic rings. The lowest BCUT2D eigenvalue weighted by molar-refractivity contribution is -0.154. The number of nitrogens with one attached hydrogen (secondary N) is 1. The highest BCUT2D eigenvalue weighted by atomic mass is 16.5. The zero-order valence-corrected chi connectivity index (χ0v) is 24.0. The topological polar surface area (TPSA) is 191 Å². The minimum atomic E-state index is -1.91. The number of hydrogen-bond acceptors (Lipinski definition) is 8. The molecule has 0 saturated carbocycles. The van der Waals surface area contributed by atoms with Crippen molar-refractivity contribution in [2.24, 2.45) is 5.41 Å². The van der Waals surface area contributed by atoms with E-state index in [4.69, 9.17) is 9.84 Å². The van der Waals surface area contributed by atoms with E-state index in [1.807, 2.05) is 24.3 Å². The second-order valence-corrected chi connectivity index (χ2v) is 9.90.